The van der Waals surface area contributed by atoms with Crippen molar-refractivity contribution >= 4 is 17.9 Å². The van der Waals surface area contributed by atoms with E-state index in [1.54, 1.807) is 25.7 Å². The smallest absolute Gasteiger partial charge is 0.408 e. The van der Waals surface area contributed by atoms with Gasteiger partial charge in [0.2, 0.25) is 11.8 Å². The van der Waals surface area contributed by atoms with E-state index >= 15 is 0 Å². The Morgan fingerprint density at radius 1 is 1.03 bits per heavy atom. The summed E-state index contributed by atoms with van der Waals surface area (Å²) >= 11 is 0. The van der Waals surface area contributed by atoms with Crippen LogP contribution in [-0.4, -0.2) is 47.5 Å². The van der Waals surface area contributed by atoms with E-state index < -0.39 is 17.7 Å². The van der Waals surface area contributed by atoms with Gasteiger partial charge in [0, 0.05) is 12.6 Å². The summed E-state index contributed by atoms with van der Waals surface area (Å²) < 4.78 is 5.23. The second-order valence-electron chi connectivity index (χ2n) is 9.46. The van der Waals surface area contributed by atoms with Crippen LogP contribution in [0.4, 0.5) is 4.79 Å². The Hall–Kier alpha value is -2.57. The van der Waals surface area contributed by atoms with Crippen LogP contribution in [0.25, 0.3) is 0 Å². The Bertz CT molecular complexity index is 766. The van der Waals surface area contributed by atoms with Crippen molar-refractivity contribution in [2.75, 3.05) is 13.1 Å². The molecule has 180 valence electrons. The van der Waals surface area contributed by atoms with Gasteiger partial charge in [0.05, 0.1) is 0 Å². The van der Waals surface area contributed by atoms with Crippen LogP contribution in [0.2, 0.25) is 0 Å². The van der Waals surface area contributed by atoms with Crippen molar-refractivity contribution in [2.45, 2.75) is 92.3 Å². The molecular formula is C25H41N3O4. The van der Waals surface area contributed by atoms with Crippen LogP contribution in [0.1, 0.15) is 83.5 Å². The van der Waals surface area contributed by atoms with Gasteiger partial charge in [-0.25, -0.2) is 4.79 Å². The predicted octanol–water partition coefficient (Wildman–Crippen LogP) is 4.41. The quantitative estimate of drug-likeness (QED) is 0.556. The molecular weight excluding hydrogens is 406 g/mol. The van der Waals surface area contributed by atoms with Crippen molar-refractivity contribution in [2.24, 2.45) is 0 Å². The van der Waals surface area contributed by atoms with Gasteiger partial charge in [-0.3, -0.25) is 9.59 Å². The summed E-state index contributed by atoms with van der Waals surface area (Å²) in [7, 11) is 0. The van der Waals surface area contributed by atoms with Gasteiger partial charge in [-0.05, 0) is 59.9 Å². The highest BCUT2D eigenvalue weighted by atomic mass is 16.6. The normalized spacial score (nSPS) is 13.1. The monoisotopic (exact) mass is 447 g/mol. The van der Waals surface area contributed by atoms with Gasteiger partial charge in [-0.2, -0.15) is 0 Å². The molecule has 0 fully saturated rings. The molecule has 0 saturated heterocycles. The van der Waals surface area contributed by atoms with E-state index in [0.29, 0.717) is 13.0 Å². The zero-order chi connectivity index (χ0) is 24.5. The average Bonchev–Trinajstić information content (AvgIpc) is 2.63. The molecule has 7 nitrogen and oxygen atoms in total. The van der Waals surface area contributed by atoms with Crippen LogP contribution < -0.4 is 10.6 Å². The summed E-state index contributed by atoms with van der Waals surface area (Å²) in [4.78, 5) is 40.2. The molecule has 0 aliphatic carbocycles. The SMILES string of the molecule is CCCC(C)NC(=O)C(c1cc(C)cc(C)c1)N(CCC)C(=O)CNC(=O)OC(C)(C)C. The summed E-state index contributed by atoms with van der Waals surface area (Å²) in [5.41, 5.74) is 2.15. The first-order valence-corrected chi connectivity index (χ1v) is 11.5. The molecule has 32 heavy (non-hydrogen) atoms. The number of rotatable bonds is 10. The van der Waals surface area contributed by atoms with Crippen LogP contribution in [0.3, 0.4) is 0 Å². The molecule has 0 saturated carbocycles. The van der Waals surface area contributed by atoms with E-state index in [-0.39, 0.29) is 24.4 Å². The number of alkyl carbamates (subject to hydrolysis) is 1. The minimum Gasteiger partial charge on any atom is -0.444 e. The fourth-order valence-corrected chi connectivity index (χ4v) is 3.67. The van der Waals surface area contributed by atoms with Crippen LogP contribution in [0.5, 0.6) is 0 Å². The lowest BCUT2D eigenvalue weighted by molar-refractivity contribution is -0.140. The third kappa shape index (κ3) is 9.28. The summed E-state index contributed by atoms with van der Waals surface area (Å²) in [6.07, 6.45) is 1.82. The van der Waals surface area contributed by atoms with Crippen molar-refractivity contribution in [3.63, 3.8) is 0 Å². The largest absolute Gasteiger partial charge is 0.444 e. The molecule has 1 rings (SSSR count). The van der Waals surface area contributed by atoms with Gasteiger partial charge < -0.3 is 20.3 Å². The van der Waals surface area contributed by atoms with Crippen molar-refractivity contribution in [1.82, 2.24) is 15.5 Å². The lowest BCUT2D eigenvalue weighted by Gasteiger charge is -2.32. The Labute approximate surface area is 193 Å². The number of benzene rings is 1. The molecule has 1 aromatic carbocycles. The molecule has 2 unspecified atom stereocenters. The van der Waals surface area contributed by atoms with E-state index in [1.807, 2.05) is 45.9 Å². The van der Waals surface area contributed by atoms with Gasteiger partial charge in [0.25, 0.3) is 0 Å². The number of ether oxygens (including phenoxy) is 1. The van der Waals surface area contributed by atoms with Crippen molar-refractivity contribution < 1.29 is 19.1 Å². The molecule has 0 aliphatic heterocycles. The van der Waals surface area contributed by atoms with Crippen molar-refractivity contribution in [3.8, 4) is 0 Å². The summed E-state index contributed by atoms with van der Waals surface area (Å²) in [5.74, 6) is -0.546. The standard InChI is InChI=1S/C25H41N3O4/c1-9-11-19(5)27-23(30)22(20-14-17(3)13-18(4)15-20)28(12-10-2)21(29)16-26-24(31)32-25(6,7)8/h13-15,19,22H,9-12,16H2,1-8H3,(H,26,31)(H,27,30). The van der Waals surface area contributed by atoms with E-state index in [4.69, 9.17) is 4.74 Å². The predicted molar refractivity (Wildman–Crippen MR) is 127 cm³/mol. The van der Waals surface area contributed by atoms with Gasteiger partial charge in [-0.15, -0.1) is 0 Å². The number of carbonyl (C=O) groups excluding carboxylic acids is 3. The maximum atomic E-state index is 13.4. The summed E-state index contributed by atoms with van der Waals surface area (Å²) in [6.45, 7) is 15.4. The summed E-state index contributed by atoms with van der Waals surface area (Å²) in [5, 5.41) is 5.59. The molecule has 0 aliphatic rings. The first-order valence-electron chi connectivity index (χ1n) is 11.5. The second-order valence-corrected chi connectivity index (χ2v) is 9.46. The fraction of sp³-hybridized carbons (Fsp3) is 0.640. The first kappa shape index (κ1) is 27.5. The van der Waals surface area contributed by atoms with Crippen LogP contribution in [0, 0.1) is 13.8 Å². The van der Waals surface area contributed by atoms with Crippen LogP contribution in [0.15, 0.2) is 18.2 Å². The highest BCUT2D eigenvalue weighted by molar-refractivity contribution is 5.90. The Balaban J connectivity index is 3.21. The topological polar surface area (TPSA) is 87.7 Å². The zero-order valence-corrected chi connectivity index (χ0v) is 21.0. The zero-order valence-electron chi connectivity index (χ0n) is 21.0. The highest BCUT2D eigenvalue weighted by Gasteiger charge is 2.32. The van der Waals surface area contributed by atoms with Crippen molar-refractivity contribution in [1.29, 1.82) is 0 Å². The average molecular weight is 448 g/mol. The third-order valence-electron chi connectivity index (χ3n) is 4.80. The Kier molecular flexibility index (Phi) is 10.7. The number of nitrogens with zero attached hydrogens (tertiary/aromatic N) is 1. The maximum Gasteiger partial charge on any atom is 0.408 e. The molecule has 2 N–H and O–H groups in total. The Morgan fingerprint density at radius 2 is 1.62 bits per heavy atom. The van der Waals surface area contributed by atoms with E-state index in [2.05, 4.69) is 17.6 Å². The van der Waals surface area contributed by atoms with Gasteiger partial charge in [-0.1, -0.05) is 49.6 Å². The fourth-order valence-electron chi connectivity index (χ4n) is 3.67. The molecule has 0 bridgehead atoms. The van der Waals surface area contributed by atoms with Crippen molar-refractivity contribution in [3.05, 3.63) is 34.9 Å². The number of amides is 3. The molecule has 2 atom stereocenters. The highest BCUT2D eigenvalue weighted by Crippen LogP contribution is 2.25. The molecule has 1 aromatic rings. The van der Waals surface area contributed by atoms with Gasteiger partial charge in [0.15, 0.2) is 0 Å². The van der Waals surface area contributed by atoms with Crippen LogP contribution in [-0.2, 0) is 14.3 Å². The van der Waals surface area contributed by atoms with E-state index in [0.717, 1.165) is 29.5 Å². The third-order valence-corrected chi connectivity index (χ3v) is 4.80. The Morgan fingerprint density at radius 3 is 2.12 bits per heavy atom. The lowest BCUT2D eigenvalue weighted by atomic mass is 9.98. The molecule has 3 amide bonds. The minimum atomic E-state index is -0.777. The molecule has 0 aromatic heterocycles. The molecule has 0 radical (unpaired) electrons. The van der Waals surface area contributed by atoms with E-state index in [9.17, 15) is 14.4 Å². The number of nitrogens with one attached hydrogen (secondary N) is 2. The number of aryl methyl sites for hydroxylation is 2. The molecule has 0 spiro atoms. The lowest BCUT2D eigenvalue weighted by Crippen LogP contribution is -2.49. The number of hydrogen-bond acceptors (Lipinski definition) is 4. The number of hydrogen-bond donors (Lipinski definition) is 2. The van der Waals surface area contributed by atoms with Gasteiger partial charge in [0.1, 0.15) is 18.2 Å². The van der Waals surface area contributed by atoms with Gasteiger partial charge >= 0.3 is 6.09 Å². The molecule has 7 heteroatoms. The second kappa shape index (κ2) is 12.5. The van der Waals surface area contributed by atoms with E-state index in [1.165, 1.54) is 0 Å². The maximum absolute atomic E-state index is 13.4. The first-order chi connectivity index (χ1) is 14.9. The van der Waals surface area contributed by atoms with Crippen LogP contribution >= 0.6 is 0 Å². The molecule has 0 heterocycles. The summed E-state index contributed by atoms with van der Waals surface area (Å²) in [6, 6.07) is 5.15. The number of carbonyl (C=O) groups is 3. The minimum absolute atomic E-state index is 0.000580.